The normalized spacial score (nSPS) is 11.6. The molecule has 0 amide bonds. The third-order valence-corrected chi connectivity index (χ3v) is 3.44. The Labute approximate surface area is 111 Å². The number of rotatable bonds is 3. The number of anilines is 2. The van der Waals surface area contributed by atoms with Gasteiger partial charge in [-0.2, -0.15) is 13.2 Å². The average molecular weight is 288 g/mol. The second kappa shape index (κ2) is 5.04. The molecule has 0 unspecified atom stereocenters. The molecular weight excluding hydrogens is 277 g/mol. The van der Waals surface area contributed by atoms with Crippen LogP contribution in [0, 0.1) is 0 Å². The van der Waals surface area contributed by atoms with Crippen LogP contribution in [-0.2, 0) is 12.7 Å². The number of benzene rings is 1. The molecule has 0 atom stereocenters. The standard InChI is InChI=1S/C11H11F3N4S/c1-18(6-7-3-2-4-8(15)5-7)10-17-16-9(19-10)11(12,13)14/h2-5H,6,15H2,1H3. The largest absolute Gasteiger partial charge is 0.445 e. The summed E-state index contributed by atoms with van der Waals surface area (Å²) in [5.74, 6) is 0. The van der Waals surface area contributed by atoms with Crippen LogP contribution in [0.2, 0.25) is 0 Å². The Hall–Kier alpha value is -1.83. The zero-order valence-electron chi connectivity index (χ0n) is 9.98. The molecule has 0 spiro atoms. The van der Waals surface area contributed by atoms with Crippen molar-refractivity contribution in [1.29, 1.82) is 0 Å². The van der Waals surface area contributed by atoms with Crippen LogP contribution in [0.5, 0.6) is 0 Å². The van der Waals surface area contributed by atoms with Gasteiger partial charge in [0.25, 0.3) is 0 Å². The molecule has 1 aromatic heterocycles. The van der Waals surface area contributed by atoms with Crippen LogP contribution in [0.3, 0.4) is 0 Å². The lowest BCUT2D eigenvalue weighted by Crippen LogP contribution is -2.16. The van der Waals surface area contributed by atoms with E-state index >= 15 is 0 Å². The zero-order chi connectivity index (χ0) is 14.0. The van der Waals surface area contributed by atoms with Gasteiger partial charge in [0.15, 0.2) is 0 Å². The van der Waals surface area contributed by atoms with Crippen LogP contribution in [0.1, 0.15) is 10.6 Å². The second-order valence-corrected chi connectivity index (χ2v) is 4.94. The van der Waals surface area contributed by atoms with Crippen LogP contribution >= 0.6 is 11.3 Å². The van der Waals surface area contributed by atoms with Gasteiger partial charge in [-0.3, -0.25) is 0 Å². The van der Waals surface area contributed by atoms with E-state index in [1.165, 1.54) is 0 Å². The maximum Gasteiger partial charge on any atom is 0.445 e. The lowest BCUT2D eigenvalue weighted by molar-refractivity contribution is -0.138. The number of hydrogen-bond donors (Lipinski definition) is 1. The van der Waals surface area contributed by atoms with Crippen molar-refractivity contribution < 1.29 is 13.2 Å². The summed E-state index contributed by atoms with van der Waals surface area (Å²) in [7, 11) is 1.66. The van der Waals surface area contributed by atoms with Crippen molar-refractivity contribution in [3.05, 3.63) is 34.8 Å². The minimum absolute atomic E-state index is 0.217. The van der Waals surface area contributed by atoms with Gasteiger partial charge < -0.3 is 10.6 Å². The first-order valence-electron chi connectivity index (χ1n) is 5.32. The summed E-state index contributed by atoms with van der Waals surface area (Å²) >= 11 is 0.519. The predicted molar refractivity (Wildman–Crippen MR) is 67.9 cm³/mol. The minimum Gasteiger partial charge on any atom is -0.399 e. The molecule has 0 aliphatic carbocycles. The van der Waals surface area contributed by atoms with Gasteiger partial charge in [-0.25, -0.2) is 0 Å². The molecule has 0 saturated carbocycles. The van der Waals surface area contributed by atoms with E-state index in [0.717, 1.165) is 5.56 Å². The molecule has 0 aliphatic rings. The fourth-order valence-corrected chi connectivity index (χ4v) is 2.19. The van der Waals surface area contributed by atoms with Crippen LogP contribution in [-0.4, -0.2) is 17.2 Å². The highest BCUT2D eigenvalue weighted by molar-refractivity contribution is 7.15. The van der Waals surface area contributed by atoms with Gasteiger partial charge >= 0.3 is 6.18 Å². The van der Waals surface area contributed by atoms with Crippen LogP contribution in [0.15, 0.2) is 24.3 Å². The molecule has 0 radical (unpaired) electrons. The van der Waals surface area contributed by atoms with E-state index in [1.54, 1.807) is 30.1 Å². The van der Waals surface area contributed by atoms with Crippen molar-refractivity contribution in [2.24, 2.45) is 0 Å². The van der Waals surface area contributed by atoms with Gasteiger partial charge in [0.2, 0.25) is 10.1 Å². The molecule has 0 saturated heterocycles. The number of nitrogens with two attached hydrogens (primary N) is 1. The predicted octanol–water partition coefficient (Wildman–Crippen LogP) is 2.78. The Morgan fingerprint density at radius 3 is 2.63 bits per heavy atom. The van der Waals surface area contributed by atoms with E-state index in [2.05, 4.69) is 10.2 Å². The van der Waals surface area contributed by atoms with E-state index < -0.39 is 11.2 Å². The quantitative estimate of drug-likeness (QED) is 0.882. The third-order valence-electron chi connectivity index (χ3n) is 2.35. The van der Waals surface area contributed by atoms with E-state index in [-0.39, 0.29) is 5.13 Å². The van der Waals surface area contributed by atoms with Crippen molar-refractivity contribution in [3.8, 4) is 0 Å². The monoisotopic (exact) mass is 288 g/mol. The SMILES string of the molecule is CN(Cc1cccc(N)c1)c1nnc(C(F)(F)F)s1. The van der Waals surface area contributed by atoms with E-state index in [4.69, 9.17) is 5.73 Å². The van der Waals surface area contributed by atoms with Crippen LogP contribution in [0.25, 0.3) is 0 Å². The summed E-state index contributed by atoms with van der Waals surface area (Å²) in [6, 6.07) is 7.15. The highest BCUT2D eigenvalue weighted by Gasteiger charge is 2.36. The molecule has 2 rings (SSSR count). The molecule has 19 heavy (non-hydrogen) atoms. The van der Waals surface area contributed by atoms with Crippen molar-refractivity contribution in [1.82, 2.24) is 10.2 Å². The number of aromatic nitrogens is 2. The number of nitrogens with zero attached hydrogens (tertiary/aromatic N) is 3. The summed E-state index contributed by atoms with van der Waals surface area (Å²) in [4.78, 5) is 1.60. The fourth-order valence-electron chi connectivity index (χ4n) is 1.52. The molecule has 0 fully saturated rings. The Morgan fingerprint density at radius 1 is 1.32 bits per heavy atom. The fraction of sp³-hybridized carbons (Fsp3) is 0.273. The average Bonchev–Trinajstić information content (AvgIpc) is 2.77. The third kappa shape index (κ3) is 3.34. The number of nitrogen functional groups attached to an aromatic ring is 1. The highest BCUT2D eigenvalue weighted by atomic mass is 32.1. The molecule has 2 N–H and O–H groups in total. The summed E-state index contributed by atoms with van der Waals surface area (Å²) < 4.78 is 37.3. The lowest BCUT2D eigenvalue weighted by atomic mass is 10.2. The summed E-state index contributed by atoms with van der Waals surface area (Å²) in [5.41, 5.74) is 7.15. The molecule has 4 nitrogen and oxygen atoms in total. The number of hydrogen-bond acceptors (Lipinski definition) is 5. The minimum atomic E-state index is -4.45. The molecule has 1 heterocycles. The van der Waals surface area contributed by atoms with Gasteiger partial charge in [-0.05, 0) is 17.7 Å². The molecule has 0 aliphatic heterocycles. The summed E-state index contributed by atoms with van der Waals surface area (Å²) in [6.07, 6.45) is -4.45. The first-order valence-corrected chi connectivity index (χ1v) is 6.14. The Bertz CT molecular complexity index is 567. The topological polar surface area (TPSA) is 55.0 Å². The van der Waals surface area contributed by atoms with Gasteiger partial charge in [0, 0.05) is 19.3 Å². The maximum absolute atomic E-state index is 12.4. The molecular formula is C11H11F3N4S. The smallest absolute Gasteiger partial charge is 0.399 e. The first kappa shape index (κ1) is 13.6. The number of halogens is 3. The van der Waals surface area contributed by atoms with Crippen molar-refractivity contribution in [3.63, 3.8) is 0 Å². The lowest BCUT2D eigenvalue weighted by Gasteiger charge is -2.15. The number of alkyl halides is 3. The molecule has 1 aromatic carbocycles. The Balaban J connectivity index is 2.12. The van der Waals surface area contributed by atoms with E-state index in [9.17, 15) is 13.2 Å². The molecule has 0 bridgehead atoms. The van der Waals surface area contributed by atoms with E-state index in [1.807, 2.05) is 6.07 Å². The van der Waals surface area contributed by atoms with Crippen molar-refractivity contribution >= 4 is 22.2 Å². The Morgan fingerprint density at radius 2 is 2.05 bits per heavy atom. The van der Waals surface area contributed by atoms with Crippen molar-refractivity contribution in [2.45, 2.75) is 12.7 Å². The van der Waals surface area contributed by atoms with Gasteiger partial charge in [-0.15, -0.1) is 10.2 Å². The second-order valence-electron chi connectivity index (χ2n) is 3.99. The molecule has 8 heteroatoms. The van der Waals surface area contributed by atoms with Gasteiger partial charge in [-0.1, -0.05) is 23.5 Å². The van der Waals surface area contributed by atoms with Crippen LogP contribution < -0.4 is 10.6 Å². The zero-order valence-corrected chi connectivity index (χ0v) is 10.8. The van der Waals surface area contributed by atoms with Crippen LogP contribution in [0.4, 0.5) is 24.0 Å². The van der Waals surface area contributed by atoms with Crippen molar-refractivity contribution in [2.75, 3.05) is 17.7 Å². The highest BCUT2D eigenvalue weighted by Crippen LogP contribution is 2.34. The Kier molecular flexibility index (Phi) is 3.61. The van der Waals surface area contributed by atoms with Gasteiger partial charge in [0.1, 0.15) is 0 Å². The van der Waals surface area contributed by atoms with E-state index in [0.29, 0.717) is 23.6 Å². The first-order chi connectivity index (χ1) is 8.86. The summed E-state index contributed by atoms with van der Waals surface area (Å²) in [5, 5.41) is 5.96. The molecule has 2 aromatic rings. The molecule has 102 valence electrons. The summed E-state index contributed by atoms with van der Waals surface area (Å²) in [6.45, 7) is 0.414. The maximum atomic E-state index is 12.4. The van der Waals surface area contributed by atoms with Gasteiger partial charge in [0.05, 0.1) is 0 Å².